The first kappa shape index (κ1) is 22.6. The lowest BCUT2D eigenvalue weighted by Crippen LogP contribution is -2.54. The molecule has 1 aliphatic rings. The van der Waals surface area contributed by atoms with Gasteiger partial charge in [-0.25, -0.2) is 9.78 Å². The smallest absolute Gasteiger partial charge is 0.332 e. The van der Waals surface area contributed by atoms with Crippen LogP contribution in [-0.2, 0) is 14.9 Å². The summed E-state index contributed by atoms with van der Waals surface area (Å²) in [6.07, 6.45) is 8.69. The molecule has 2 unspecified atom stereocenters. The van der Waals surface area contributed by atoms with Crippen LogP contribution in [0.15, 0.2) is 30.7 Å². The van der Waals surface area contributed by atoms with E-state index in [0.29, 0.717) is 4.99 Å². The van der Waals surface area contributed by atoms with Crippen LogP contribution in [0.5, 0.6) is 0 Å². The van der Waals surface area contributed by atoms with E-state index in [-0.39, 0.29) is 24.8 Å². The summed E-state index contributed by atoms with van der Waals surface area (Å²) in [5.41, 5.74) is 1.25. The third kappa shape index (κ3) is 3.96. The van der Waals surface area contributed by atoms with E-state index in [1.807, 2.05) is 28.9 Å². The lowest BCUT2D eigenvalue weighted by Gasteiger charge is -2.44. The van der Waals surface area contributed by atoms with Gasteiger partial charge >= 0.3 is 5.97 Å². The number of aromatic nitrogens is 2. The van der Waals surface area contributed by atoms with Crippen molar-refractivity contribution in [3.63, 3.8) is 0 Å². The molecule has 1 aliphatic carbocycles. The number of nitrogens with zero attached hydrogens (tertiary/aromatic N) is 2. The number of carbonyl (C=O) groups is 1. The summed E-state index contributed by atoms with van der Waals surface area (Å²) >= 11 is 5.65. The fraction of sp³-hybridized carbons (Fsp3) is 0.471. The van der Waals surface area contributed by atoms with Gasteiger partial charge in [0.2, 0.25) is 0 Å². The number of imidazole rings is 1. The molecule has 0 spiro atoms. The fourth-order valence-electron chi connectivity index (χ4n) is 3.62. The molecule has 26 heavy (non-hydrogen) atoms. The molecule has 0 aliphatic heterocycles. The van der Waals surface area contributed by atoms with Crippen molar-refractivity contribution in [2.45, 2.75) is 37.2 Å². The van der Waals surface area contributed by atoms with E-state index in [4.69, 9.17) is 22.1 Å². The third-order valence-corrected chi connectivity index (χ3v) is 5.34. The van der Waals surface area contributed by atoms with E-state index in [2.05, 4.69) is 10.3 Å². The van der Waals surface area contributed by atoms with Gasteiger partial charge in [0.1, 0.15) is 18.4 Å². The van der Waals surface area contributed by atoms with E-state index in [1.54, 1.807) is 13.2 Å². The van der Waals surface area contributed by atoms with Crippen molar-refractivity contribution in [1.29, 1.82) is 0 Å². The molecule has 2 atom stereocenters. The number of hydrogen-bond acceptors (Lipinski definition) is 5. The standard InChI is InChI=1S/C17H21N3O3S.2ClH/c1-18-16(24)17(7-3-2-4-13(17)23-15(22)11-21)12-5-6-14-19-8-9-20(14)10-12;;/h5-6,8-10,13,21H,2-4,7,11H2,1H3,(H,18,24);2*1H. The Morgan fingerprint density at radius 1 is 1.46 bits per heavy atom. The quantitative estimate of drug-likeness (QED) is 0.585. The Morgan fingerprint density at radius 3 is 2.92 bits per heavy atom. The molecule has 144 valence electrons. The molecule has 0 amide bonds. The number of hydrogen-bond donors (Lipinski definition) is 2. The number of carbonyl (C=O) groups excluding carboxylic acids is 1. The maximum Gasteiger partial charge on any atom is 0.332 e. The minimum absolute atomic E-state index is 0. The predicted molar refractivity (Wildman–Crippen MR) is 108 cm³/mol. The second kappa shape index (κ2) is 9.50. The first-order chi connectivity index (χ1) is 11.6. The number of thiocarbonyl (C=S) groups is 1. The highest BCUT2D eigenvalue weighted by Gasteiger charge is 2.48. The van der Waals surface area contributed by atoms with Gasteiger partial charge in [-0.15, -0.1) is 24.8 Å². The average molecular weight is 420 g/mol. The Kier molecular flexibility index (Phi) is 8.27. The molecular formula is C17H23Cl2N3O3S. The summed E-state index contributed by atoms with van der Waals surface area (Å²) in [4.78, 5) is 16.6. The van der Waals surface area contributed by atoms with Crippen LogP contribution in [0.2, 0.25) is 0 Å². The number of aliphatic hydroxyl groups excluding tert-OH is 1. The van der Waals surface area contributed by atoms with Gasteiger partial charge in [-0.05, 0) is 30.9 Å². The van der Waals surface area contributed by atoms with Crippen LogP contribution in [0.25, 0.3) is 5.65 Å². The summed E-state index contributed by atoms with van der Waals surface area (Å²) in [7, 11) is 1.79. The van der Waals surface area contributed by atoms with E-state index in [1.165, 1.54) is 0 Å². The maximum absolute atomic E-state index is 11.7. The Morgan fingerprint density at radius 2 is 2.23 bits per heavy atom. The molecule has 9 heteroatoms. The van der Waals surface area contributed by atoms with Gasteiger partial charge in [-0.2, -0.15) is 0 Å². The SMILES string of the molecule is CNC(=S)C1(c2ccc3nccn3c2)CCCCC1OC(=O)CO.Cl.Cl. The number of pyridine rings is 1. The van der Waals surface area contributed by atoms with Gasteiger partial charge in [0.05, 0.1) is 10.4 Å². The summed E-state index contributed by atoms with van der Waals surface area (Å²) in [6, 6.07) is 3.94. The molecule has 2 aromatic rings. The number of esters is 1. The molecular weight excluding hydrogens is 397 g/mol. The molecule has 6 nitrogen and oxygen atoms in total. The Bertz CT molecular complexity index is 771. The number of ether oxygens (including phenoxy) is 1. The van der Waals surface area contributed by atoms with Gasteiger partial charge in [-0.3, -0.25) is 0 Å². The van der Waals surface area contributed by atoms with Crippen molar-refractivity contribution < 1.29 is 14.6 Å². The van der Waals surface area contributed by atoms with Crippen molar-refractivity contribution >= 4 is 53.6 Å². The lowest BCUT2D eigenvalue weighted by molar-refractivity contribution is -0.156. The van der Waals surface area contributed by atoms with E-state index in [0.717, 1.165) is 36.9 Å². The van der Waals surface area contributed by atoms with Crippen LogP contribution in [0.4, 0.5) is 0 Å². The van der Waals surface area contributed by atoms with E-state index < -0.39 is 24.1 Å². The molecule has 3 rings (SSSR count). The van der Waals surface area contributed by atoms with Crippen molar-refractivity contribution in [3.05, 3.63) is 36.3 Å². The Balaban J connectivity index is 0.00000169. The monoisotopic (exact) mass is 419 g/mol. The molecule has 2 N–H and O–H groups in total. The van der Waals surface area contributed by atoms with Crippen LogP contribution in [0, 0.1) is 0 Å². The zero-order valence-corrected chi connectivity index (χ0v) is 16.8. The van der Waals surface area contributed by atoms with Gasteiger partial charge in [0.25, 0.3) is 0 Å². The summed E-state index contributed by atoms with van der Waals surface area (Å²) in [5.74, 6) is -0.617. The summed E-state index contributed by atoms with van der Waals surface area (Å²) < 4.78 is 7.53. The summed E-state index contributed by atoms with van der Waals surface area (Å²) in [5, 5.41) is 12.2. The minimum atomic E-state index is -0.626. The van der Waals surface area contributed by atoms with E-state index >= 15 is 0 Å². The molecule has 2 heterocycles. The van der Waals surface area contributed by atoms with Crippen LogP contribution in [0.3, 0.4) is 0 Å². The van der Waals surface area contributed by atoms with Gasteiger partial charge in [0, 0.05) is 25.6 Å². The number of nitrogens with one attached hydrogen (secondary N) is 1. The van der Waals surface area contributed by atoms with Crippen molar-refractivity contribution in [3.8, 4) is 0 Å². The molecule has 0 bridgehead atoms. The van der Waals surface area contributed by atoms with Crippen LogP contribution in [0.1, 0.15) is 31.2 Å². The number of aliphatic hydroxyl groups is 1. The molecule has 0 radical (unpaired) electrons. The second-order valence-corrected chi connectivity index (χ2v) is 6.45. The Hall–Kier alpha value is -1.41. The molecule has 1 fully saturated rings. The van der Waals surface area contributed by atoms with Crippen LogP contribution >= 0.6 is 37.0 Å². The topological polar surface area (TPSA) is 75.9 Å². The maximum atomic E-state index is 11.7. The second-order valence-electron chi connectivity index (χ2n) is 6.04. The normalized spacial score (nSPS) is 22.0. The van der Waals surface area contributed by atoms with Crippen molar-refractivity contribution in [2.24, 2.45) is 0 Å². The predicted octanol–water partition coefficient (Wildman–Crippen LogP) is 2.44. The molecule has 0 saturated heterocycles. The first-order valence-electron chi connectivity index (χ1n) is 8.07. The summed E-state index contributed by atoms with van der Waals surface area (Å²) in [6.45, 7) is -0.626. The largest absolute Gasteiger partial charge is 0.459 e. The number of rotatable bonds is 4. The number of halogens is 2. The Labute approximate surface area is 170 Å². The zero-order valence-electron chi connectivity index (χ0n) is 14.4. The number of fused-ring (bicyclic) bond motifs is 1. The average Bonchev–Trinajstić information content (AvgIpc) is 3.09. The lowest BCUT2D eigenvalue weighted by atomic mass is 9.67. The molecule has 0 aromatic carbocycles. The first-order valence-corrected chi connectivity index (χ1v) is 8.48. The van der Waals surface area contributed by atoms with Gasteiger partial charge < -0.3 is 19.6 Å². The highest BCUT2D eigenvalue weighted by atomic mass is 35.5. The third-order valence-electron chi connectivity index (χ3n) is 4.78. The van der Waals surface area contributed by atoms with Crippen molar-refractivity contribution in [2.75, 3.05) is 13.7 Å². The zero-order chi connectivity index (χ0) is 17.2. The van der Waals surface area contributed by atoms with Crippen LogP contribution < -0.4 is 5.32 Å². The molecule has 2 aromatic heterocycles. The van der Waals surface area contributed by atoms with Gasteiger partial charge in [0.15, 0.2) is 0 Å². The fourth-order valence-corrected chi connectivity index (χ4v) is 3.98. The minimum Gasteiger partial charge on any atom is -0.459 e. The number of likely N-dealkylation sites (N-methyl/N-ethyl adjacent to an activating group) is 1. The van der Waals surface area contributed by atoms with Crippen molar-refractivity contribution in [1.82, 2.24) is 14.7 Å². The highest BCUT2D eigenvalue weighted by molar-refractivity contribution is 7.80. The molecule has 1 saturated carbocycles. The highest BCUT2D eigenvalue weighted by Crippen LogP contribution is 2.42. The van der Waals surface area contributed by atoms with Gasteiger partial charge in [-0.1, -0.05) is 24.7 Å². The van der Waals surface area contributed by atoms with E-state index in [9.17, 15) is 4.79 Å². The van der Waals surface area contributed by atoms with Crippen LogP contribution in [-0.4, -0.2) is 45.2 Å².